The lowest BCUT2D eigenvalue weighted by molar-refractivity contribution is -0.206. The van der Waals surface area contributed by atoms with Crippen LogP contribution in [0.1, 0.15) is 46.5 Å². The first-order chi connectivity index (χ1) is 15.3. The minimum absolute atomic E-state index is 0.0190. The molecule has 4 aliphatic rings. The zero-order chi connectivity index (χ0) is 24.4. The fraction of sp³-hybridized carbons (Fsp3) is 0.615. The predicted octanol–water partition coefficient (Wildman–Crippen LogP) is 6.40. The van der Waals surface area contributed by atoms with Crippen molar-refractivity contribution in [1.82, 2.24) is 0 Å². The molecule has 0 aromatic heterocycles. The lowest BCUT2D eigenvalue weighted by Crippen LogP contribution is -2.67. The van der Waals surface area contributed by atoms with E-state index in [9.17, 15) is 9.59 Å². The number of fused-ring (bicyclic) bond motifs is 5. The van der Waals surface area contributed by atoms with Crippen molar-refractivity contribution in [3.63, 3.8) is 0 Å². The summed E-state index contributed by atoms with van der Waals surface area (Å²) in [5.74, 6) is -0.273. The number of allylic oxidation sites excluding steroid dienone is 6. The molecule has 0 heterocycles. The molecular formula is C26H34ClFO4Si. The summed E-state index contributed by atoms with van der Waals surface area (Å²) in [5.41, 5.74) is 0.0429. The number of hydrogen-bond acceptors (Lipinski definition) is 4. The van der Waals surface area contributed by atoms with Gasteiger partial charge in [0.1, 0.15) is 11.9 Å². The van der Waals surface area contributed by atoms with E-state index in [-0.39, 0.29) is 17.6 Å². The Balaban J connectivity index is 1.80. The van der Waals surface area contributed by atoms with Crippen LogP contribution in [0, 0.1) is 22.7 Å². The van der Waals surface area contributed by atoms with Gasteiger partial charge in [-0.25, -0.2) is 4.39 Å². The fourth-order valence-corrected chi connectivity index (χ4v) is 7.99. The van der Waals surface area contributed by atoms with Gasteiger partial charge in [-0.2, -0.15) is 0 Å². The molecule has 0 amide bonds. The maximum atomic E-state index is 17.6. The first kappa shape index (κ1) is 24.5. The van der Waals surface area contributed by atoms with Crippen molar-refractivity contribution in [2.24, 2.45) is 22.7 Å². The van der Waals surface area contributed by atoms with Crippen LogP contribution in [-0.2, 0) is 18.8 Å². The molecule has 0 aliphatic heterocycles. The van der Waals surface area contributed by atoms with E-state index in [0.29, 0.717) is 25.0 Å². The Morgan fingerprint density at radius 1 is 1.27 bits per heavy atom. The van der Waals surface area contributed by atoms with E-state index in [1.54, 1.807) is 12.2 Å². The second kappa shape index (κ2) is 7.94. The number of carbonyl (C=O) groups excluding carboxylic acids is 2. The average molecular weight is 493 g/mol. The van der Waals surface area contributed by atoms with E-state index < -0.39 is 36.9 Å². The summed E-state index contributed by atoms with van der Waals surface area (Å²) in [6.07, 6.45) is 8.25. The zero-order valence-electron chi connectivity index (χ0n) is 20.3. The minimum atomic E-state index is -1.93. The van der Waals surface area contributed by atoms with Crippen molar-refractivity contribution in [3.05, 3.63) is 46.7 Å². The van der Waals surface area contributed by atoms with Crippen LogP contribution in [0.25, 0.3) is 0 Å². The van der Waals surface area contributed by atoms with Gasteiger partial charge in [0, 0.05) is 29.2 Å². The van der Waals surface area contributed by atoms with Gasteiger partial charge in [-0.05, 0) is 75.9 Å². The maximum absolute atomic E-state index is 17.6. The number of esters is 1. The van der Waals surface area contributed by atoms with Crippen LogP contribution < -0.4 is 0 Å². The van der Waals surface area contributed by atoms with E-state index in [4.69, 9.17) is 20.8 Å². The summed E-state index contributed by atoms with van der Waals surface area (Å²) >= 11 is 6.25. The average Bonchev–Trinajstić information content (AvgIpc) is 3.03. The van der Waals surface area contributed by atoms with Crippen molar-refractivity contribution in [2.75, 3.05) is 0 Å². The van der Waals surface area contributed by atoms with Crippen molar-refractivity contribution < 1.29 is 23.1 Å². The second-order valence-electron chi connectivity index (χ2n) is 11.4. The number of ketones is 1. The van der Waals surface area contributed by atoms with Gasteiger partial charge in [-0.1, -0.05) is 36.2 Å². The molecule has 6 atom stereocenters. The topological polar surface area (TPSA) is 52.6 Å². The highest BCUT2D eigenvalue weighted by Crippen LogP contribution is 2.69. The number of rotatable bonds is 4. The molecule has 0 aromatic carbocycles. The van der Waals surface area contributed by atoms with Gasteiger partial charge in [-0.15, -0.1) is 0 Å². The summed E-state index contributed by atoms with van der Waals surface area (Å²) in [5, 5.41) is 0. The van der Waals surface area contributed by atoms with E-state index in [2.05, 4.69) is 32.6 Å². The van der Waals surface area contributed by atoms with E-state index in [1.165, 1.54) is 18.5 Å². The molecule has 33 heavy (non-hydrogen) atoms. The molecule has 0 aromatic rings. The number of hydrogen-bond donors (Lipinski definition) is 0. The Hall–Kier alpha value is -1.66. The quantitative estimate of drug-likeness (QED) is 0.259. The Kier molecular flexibility index (Phi) is 5.89. The van der Waals surface area contributed by atoms with Crippen LogP contribution in [0.15, 0.2) is 46.7 Å². The molecule has 2 fully saturated rings. The van der Waals surface area contributed by atoms with Crippen molar-refractivity contribution >= 4 is 31.7 Å². The molecule has 0 unspecified atom stereocenters. The summed E-state index contributed by atoms with van der Waals surface area (Å²) in [6, 6.07) is 0. The SMILES string of the molecule is CC(=O)O[C@H]1C[C@]2(C)C(C(=CCl)O[Si](C)(C)C)=CC[C@H]2[C@@H]2CCC3=CC(=O)C=C[C@]3(C)[C@@]12F. The number of ether oxygens (including phenoxy) is 1. The largest absolute Gasteiger partial charge is 0.544 e. The molecule has 0 N–H and O–H groups in total. The third kappa shape index (κ3) is 3.68. The number of halogens is 2. The summed E-state index contributed by atoms with van der Waals surface area (Å²) in [4.78, 5) is 24.2. The maximum Gasteiger partial charge on any atom is 0.303 e. The molecule has 7 heteroatoms. The second-order valence-corrected chi connectivity index (χ2v) is 16.0. The molecule has 4 rings (SSSR count). The molecule has 2 saturated carbocycles. The monoisotopic (exact) mass is 492 g/mol. The predicted molar refractivity (Wildman–Crippen MR) is 130 cm³/mol. The van der Waals surface area contributed by atoms with Crippen molar-refractivity contribution in [1.29, 1.82) is 0 Å². The Morgan fingerprint density at radius 2 is 1.97 bits per heavy atom. The summed E-state index contributed by atoms with van der Waals surface area (Å²) in [6.45, 7) is 11.6. The Labute approximate surface area is 202 Å². The van der Waals surface area contributed by atoms with E-state index >= 15 is 4.39 Å². The summed E-state index contributed by atoms with van der Waals surface area (Å²) < 4.78 is 29.7. The van der Waals surface area contributed by atoms with Crippen LogP contribution in [0.3, 0.4) is 0 Å². The molecule has 180 valence electrons. The van der Waals surface area contributed by atoms with Crippen molar-refractivity contribution in [3.8, 4) is 0 Å². The van der Waals surface area contributed by atoms with Gasteiger partial charge in [0.2, 0.25) is 8.32 Å². The zero-order valence-corrected chi connectivity index (χ0v) is 22.1. The number of carbonyl (C=O) groups is 2. The minimum Gasteiger partial charge on any atom is -0.544 e. The molecule has 0 radical (unpaired) electrons. The van der Waals surface area contributed by atoms with Gasteiger partial charge < -0.3 is 9.16 Å². The Morgan fingerprint density at radius 3 is 2.58 bits per heavy atom. The Bertz CT molecular complexity index is 1010. The van der Waals surface area contributed by atoms with Crippen LogP contribution in [-0.4, -0.2) is 31.8 Å². The molecule has 0 saturated heterocycles. The van der Waals surface area contributed by atoms with Gasteiger partial charge >= 0.3 is 5.97 Å². The first-order valence-corrected chi connectivity index (χ1v) is 15.6. The van der Waals surface area contributed by atoms with Crippen LogP contribution >= 0.6 is 11.6 Å². The molecule has 0 spiro atoms. The van der Waals surface area contributed by atoms with E-state index in [1.807, 2.05) is 6.92 Å². The van der Waals surface area contributed by atoms with Crippen LogP contribution in [0.5, 0.6) is 0 Å². The summed E-state index contributed by atoms with van der Waals surface area (Å²) in [7, 11) is -1.93. The normalized spacial score (nSPS) is 40.3. The third-order valence-corrected chi connectivity index (χ3v) is 9.32. The lowest BCUT2D eigenvalue weighted by Gasteiger charge is -2.62. The standard InChI is InChI=1S/C26H34ClFO4Si/c1-16(29)31-23-14-24(2)19(9-10-21(24)22(15-27)32-33(4,5)6)20-8-7-17-13-18(30)11-12-25(17,3)26(20,23)28/h10-13,15,19-20,23H,7-9,14H2,1-6H3/t19-,20-,23-,24-,25-,26-/m0/s1. The van der Waals surface area contributed by atoms with Crippen LogP contribution in [0.4, 0.5) is 4.39 Å². The molecule has 4 aliphatic carbocycles. The molecule has 0 bridgehead atoms. The fourth-order valence-electron chi connectivity index (χ4n) is 6.92. The number of alkyl halides is 1. The van der Waals surface area contributed by atoms with Gasteiger partial charge in [0.15, 0.2) is 11.5 Å². The highest BCUT2D eigenvalue weighted by Gasteiger charge is 2.71. The van der Waals surface area contributed by atoms with Crippen LogP contribution in [0.2, 0.25) is 19.6 Å². The van der Waals surface area contributed by atoms with Gasteiger partial charge in [0.25, 0.3) is 0 Å². The first-order valence-electron chi connectivity index (χ1n) is 11.8. The van der Waals surface area contributed by atoms with Gasteiger partial charge in [-0.3, -0.25) is 9.59 Å². The van der Waals surface area contributed by atoms with Gasteiger partial charge in [0.05, 0.1) is 0 Å². The van der Waals surface area contributed by atoms with E-state index in [0.717, 1.165) is 17.6 Å². The molecule has 4 nitrogen and oxygen atoms in total. The highest BCUT2D eigenvalue weighted by atomic mass is 35.5. The smallest absolute Gasteiger partial charge is 0.303 e. The lowest BCUT2D eigenvalue weighted by atomic mass is 9.45. The molecular weight excluding hydrogens is 459 g/mol. The third-order valence-electron chi connectivity index (χ3n) is 8.29. The van der Waals surface area contributed by atoms with Crippen molar-refractivity contribution in [2.45, 2.75) is 77.9 Å². The highest BCUT2D eigenvalue weighted by molar-refractivity contribution is 6.70.